The summed E-state index contributed by atoms with van der Waals surface area (Å²) in [6.07, 6.45) is 5.60. The van der Waals surface area contributed by atoms with E-state index >= 15 is 0 Å². The number of hydrogen-bond donors (Lipinski definition) is 1. The average molecular weight is 359 g/mol. The summed E-state index contributed by atoms with van der Waals surface area (Å²) in [5, 5.41) is 7.32. The molecule has 1 amide bonds. The topological polar surface area (TPSA) is 81.1 Å². The van der Waals surface area contributed by atoms with Crippen LogP contribution in [-0.4, -0.2) is 29.6 Å². The van der Waals surface area contributed by atoms with Gasteiger partial charge < -0.3 is 5.32 Å². The molecule has 4 rings (SSSR count). The van der Waals surface area contributed by atoms with E-state index in [9.17, 15) is 13.2 Å². The summed E-state index contributed by atoms with van der Waals surface area (Å²) in [7, 11) is -3.69. The third-order valence-corrected chi connectivity index (χ3v) is 6.46. The first-order valence-electron chi connectivity index (χ1n) is 8.63. The van der Waals surface area contributed by atoms with Crippen LogP contribution in [0.3, 0.4) is 0 Å². The van der Waals surface area contributed by atoms with Crippen molar-refractivity contribution < 1.29 is 13.2 Å². The lowest BCUT2D eigenvalue weighted by Gasteiger charge is -2.20. The average Bonchev–Trinajstić information content (AvgIpc) is 3.29. The number of benzene rings is 1. The molecule has 1 atom stereocenters. The van der Waals surface area contributed by atoms with E-state index in [1.54, 1.807) is 30.5 Å². The molecule has 2 aliphatic carbocycles. The monoisotopic (exact) mass is 359 g/mol. The molecule has 6 nitrogen and oxygen atoms in total. The van der Waals surface area contributed by atoms with Crippen LogP contribution < -0.4 is 5.32 Å². The van der Waals surface area contributed by atoms with Gasteiger partial charge in [-0.05, 0) is 56.7 Å². The fourth-order valence-corrected chi connectivity index (χ4v) is 4.36. The molecular formula is C18H21N3O3S. The third-order valence-electron chi connectivity index (χ3n) is 4.91. The zero-order chi connectivity index (χ0) is 17.6. The maximum absolute atomic E-state index is 12.8. The Labute approximate surface area is 147 Å². The molecule has 0 spiro atoms. The van der Waals surface area contributed by atoms with Gasteiger partial charge in [0.05, 0.1) is 10.6 Å². The normalized spacial score (nSPS) is 20.1. The van der Waals surface area contributed by atoms with Crippen LogP contribution in [0.1, 0.15) is 36.1 Å². The number of nitrogens with zero attached hydrogens (tertiary/aromatic N) is 2. The number of amides is 1. The van der Waals surface area contributed by atoms with Crippen LogP contribution in [0, 0.1) is 12.8 Å². The maximum Gasteiger partial charge on any atom is 0.282 e. The molecule has 1 aromatic carbocycles. The molecule has 132 valence electrons. The van der Waals surface area contributed by atoms with Gasteiger partial charge in [0.1, 0.15) is 0 Å². The molecule has 0 bridgehead atoms. The number of hydrogen-bond acceptors (Lipinski definition) is 4. The number of rotatable bonds is 4. The van der Waals surface area contributed by atoms with Crippen LogP contribution in [0.4, 0.5) is 0 Å². The number of carbonyl (C=O) groups is 1. The van der Waals surface area contributed by atoms with Gasteiger partial charge in [-0.2, -0.15) is 17.6 Å². The highest BCUT2D eigenvalue weighted by Gasteiger charge is 2.32. The molecule has 2 aliphatic rings. The number of nitrogens with one attached hydrogen (secondary N) is 1. The van der Waals surface area contributed by atoms with E-state index in [0.29, 0.717) is 25.3 Å². The summed E-state index contributed by atoms with van der Waals surface area (Å²) in [5.74, 6) is -0.00452. The van der Waals surface area contributed by atoms with Crippen molar-refractivity contribution in [1.82, 2.24) is 14.5 Å². The minimum absolute atomic E-state index is 0.0855. The lowest BCUT2D eigenvalue weighted by molar-refractivity contribution is -0.125. The number of aryl methyl sites for hydroxylation is 2. The van der Waals surface area contributed by atoms with Crippen molar-refractivity contribution in [3.8, 4) is 0 Å². The lowest BCUT2D eigenvalue weighted by atomic mass is 9.87. The van der Waals surface area contributed by atoms with E-state index in [4.69, 9.17) is 0 Å². The van der Waals surface area contributed by atoms with E-state index in [0.717, 1.165) is 33.7 Å². The second-order valence-corrected chi connectivity index (χ2v) is 8.81. The maximum atomic E-state index is 12.8. The summed E-state index contributed by atoms with van der Waals surface area (Å²) in [4.78, 5) is 12.5. The predicted octanol–water partition coefficient (Wildman–Crippen LogP) is 1.81. The zero-order valence-corrected chi connectivity index (χ0v) is 14.9. The minimum Gasteiger partial charge on any atom is -0.353 e. The molecule has 25 heavy (non-hydrogen) atoms. The minimum atomic E-state index is -3.69. The van der Waals surface area contributed by atoms with Crippen molar-refractivity contribution >= 4 is 15.9 Å². The second-order valence-electron chi connectivity index (χ2n) is 7.01. The van der Waals surface area contributed by atoms with Crippen molar-refractivity contribution in [1.29, 1.82) is 0 Å². The standard InChI is InChI=1S/C18H21N3O3S/c1-12-2-7-16(8-3-12)25(23,24)21-11-14-10-13(4-9-17(14)20-21)18(22)19-15-5-6-15/h2-3,7-8,11,13,15H,4-6,9-10H2,1H3,(H,19,22). The zero-order valence-electron chi connectivity index (χ0n) is 14.1. The molecule has 2 aromatic rings. The van der Waals surface area contributed by atoms with E-state index < -0.39 is 10.0 Å². The van der Waals surface area contributed by atoms with E-state index in [2.05, 4.69) is 10.4 Å². The quantitative estimate of drug-likeness (QED) is 0.903. The molecule has 7 heteroatoms. The SMILES string of the molecule is Cc1ccc(S(=O)(=O)n2cc3c(n2)CCC(C(=O)NC2CC2)C3)cc1. The Bertz CT molecular complexity index is 912. The Balaban J connectivity index is 1.57. The van der Waals surface area contributed by atoms with E-state index in [1.165, 1.54) is 0 Å². The molecule has 0 saturated heterocycles. The van der Waals surface area contributed by atoms with Gasteiger partial charge in [0.25, 0.3) is 10.0 Å². The highest BCUT2D eigenvalue weighted by Crippen LogP contribution is 2.28. The highest BCUT2D eigenvalue weighted by molar-refractivity contribution is 7.89. The summed E-state index contributed by atoms with van der Waals surface area (Å²) in [5.41, 5.74) is 2.65. The van der Waals surface area contributed by atoms with Crippen LogP contribution >= 0.6 is 0 Å². The number of aromatic nitrogens is 2. The Morgan fingerprint density at radius 3 is 2.60 bits per heavy atom. The van der Waals surface area contributed by atoms with Gasteiger partial charge in [0.15, 0.2) is 0 Å². The van der Waals surface area contributed by atoms with Crippen molar-refractivity contribution in [2.45, 2.75) is 50.0 Å². The van der Waals surface area contributed by atoms with Crippen molar-refractivity contribution in [2.75, 3.05) is 0 Å². The van der Waals surface area contributed by atoms with E-state index in [1.807, 2.05) is 6.92 Å². The predicted molar refractivity (Wildman–Crippen MR) is 92.7 cm³/mol. The third kappa shape index (κ3) is 3.20. The first-order valence-corrected chi connectivity index (χ1v) is 10.1. The Morgan fingerprint density at radius 1 is 1.20 bits per heavy atom. The second kappa shape index (κ2) is 5.98. The first-order chi connectivity index (χ1) is 11.9. The molecule has 0 radical (unpaired) electrons. The van der Waals surface area contributed by atoms with Crippen molar-refractivity contribution in [3.63, 3.8) is 0 Å². The molecule has 1 heterocycles. The molecule has 0 aliphatic heterocycles. The summed E-state index contributed by atoms with van der Waals surface area (Å²) in [6.45, 7) is 1.91. The molecule has 1 aromatic heterocycles. The van der Waals surface area contributed by atoms with E-state index in [-0.39, 0.29) is 16.7 Å². The summed E-state index contributed by atoms with van der Waals surface area (Å²) in [6, 6.07) is 7.08. The van der Waals surface area contributed by atoms with Crippen molar-refractivity contribution in [2.24, 2.45) is 5.92 Å². The van der Waals surface area contributed by atoms with Crippen LogP contribution in [0.5, 0.6) is 0 Å². The van der Waals surface area contributed by atoms with Gasteiger partial charge in [-0.25, -0.2) is 0 Å². The van der Waals surface area contributed by atoms with Gasteiger partial charge in [-0.15, -0.1) is 0 Å². The summed E-state index contributed by atoms with van der Waals surface area (Å²) < 4.78 is 26.6. The number of fused-ring (bicyclic) bond motifs is 1. The Kier molecular flexibility index (Phi) is 3.91. The van der Waals surface area contributed by atoms with Crippen LogP contribution in [0.25, 0.3) is 0 Å². The molecule has 1 unspecified atom stereocenters. The Hall–Kier alpha value is -2.15. The summed E-state index contributed by atoms with van der Waals surface area (Å²) >= 11 is 0. The smallest absolute Gasteiger partial charge is 0.282 e. The fraction of sp³-hybridized carbons (Fsp3) is 0.444. The van der Waals surface area contributed by atoms with Gasteiger partial charge in [0, 0.05) is 18.2 Å². The first kappa shape index (κ1) is 16.3. The van der Waals surface area contributed by atoms with Crippen molar-refractivity contribution in [3.05, 3.63) is 47.3 Å². The van der Waals surface area contributed by atoms with Crippen LogP contribution in [0.2, 0.25) is 0 Å². The lowest BCUT2D eigenvalue weighted by Crippen LogP contribution is -2.35. The highest BCUT2D eigenvalue weighted by atomic mass is 32.2. The van der Waals surface area contributed by atoms with Gasteiger partial charge >= 0.3 is 0 Å². The largest absolute Gasteiger partial charge is 0.353 e. The Morgan fingerprint density at radius 2 is 1.92 bits per heavy atom. The number of carbonyl (C=O) groups excluding carboxylic acids is 1. The van der Waals surface area contributed by atoms with Crippen LogP contribution in [-0.2, 0) is 27.7 Å². The molecule has 1 saturated carbocycles. The molecular weight excluding hydrogens is 338 g/mol. The van der Waals surface area contributed by atoms with Gasteiger partial charge in [-0.3, -0.25) is 4.79 Å². The molecule has 1 fully saturated rings. The molecule has 1 N–H and O–H groups in total. The van der Waals surface area contributed by atoms with Crippen LogP contribution in [0.15, 0.2) is 35.4 Å². The van der Waals surface area contributed by atoms with Gasteiger partial charge in [0.2, 0.25) is 5.91 Å². The van der Waals surface area contributed by atoms with Gasteiger partial charge in [-0.1, -0.05) is 17.7 Å². The fourth-order valence-electron chi connectivity index (χ4n) is 3.19.